The van der Waals surface area contributed by atoms with E-state index in [1.807, 2.05) is 38.1 Å². The smallest absolute Gasteiger partial charge is 0.221 e. The van der Waals surface area contributed by atoms with E-state index in [4.69, 9.17) is 10.5 Å². The molecule has 4 nitrogen and oxygen atoms in total. The largest absolute Gasteiger partial charge is 0.494 e. The van der Waals surface area contributed by atoms with E-state index in [0.29, 0.717) is 19.6 Å². The quantitative estimate of drug-likeness (QED) is 0.788. The van der Waals surface area contributed by atoms with E-state index in [0.717, 1.165) is 11.3 Å². The Morgan fingerprint density at radius 1 is 1.35 bits per heavy atom. The lowest BCUT2D eigenvalue weighted by atomic mass is 10.0. The molecule has 1 amide bonds. The number of hydrogen-bond acceptors (Lipinski definition) is 3. The topological polar surface area (TPSA) is 64.4 Å². The Labute approximate surface area is 102 Å². The average molecular weight is 236 g/mol. The summed E-state index contributed by atoms with van der Waals surface area (Å²) in [6.45, 7) is 5.11. The van der Waals surface area contributed by atoms with Gasteiger partial charge in [-0.3, -0.25) is 4.79 Å². The first kappa shape index (κ1) is 13.5. The van der Waals surface area contributed by atoms with Gasteiger partial charge in [-0.2, -0.15) is 0 Å². The lowest BCUT2D eigenvalue weighted by molar-refractivity contribution is -0.121. The zero-order valence-corrected chi connectivity index (χ0v) is 10.4. The summed E-state index contributed by atoms with van der Waals surface area (Å²) in [5.41, 5.74) is 6.89. The Morgan fingerprint density at radius 3 is 2.53 bits per heavy atom. The van der Waals surface area contributed by atoms with Crippen molar-refractivity contribution >= 4 is 5.91 Å². The molecule has 0 aliphatic carbocycles. The molecule has 0 spiro atoms. The molecule has 1 unspecified atom stereocenters. The summed E-state index contributed by atoms with van der Waals surface area (Å²) < 4.78 is 5.34. The highest BCUT2D eigenvalue weighted by Crippen LogP contribution is 2.18. The summed E-state index contributed by atoms with van der Waals surface area (Å²) in [4.78, 5) is 11.4. The zero-order valence-electron chi connectivity index (χ0n) is 10.4. The van der Waals surface area contributed by atoms with Crippen LogP contribution in [0.2, 0.25) is 0 Å². The first-order chi connectivity index (χ1) is 8.17. The van der Waals surface area contributed by atoms with Crippen LogP contribution in [0.1, 0.15) is 31.9 Å². The molecule has 1 rings (SSSR count). The van der Waals surface area contributed by atoms with Crippen LogP contribution in [0.15, 0.2) is 24.3 Å². The van der Waals surface area contributed by atoms with Crippen molar-refractivity contribution in [1.29, 1.82) is 0 Å². The van der Waals surface area contributed by atoms with E-state index < -0.39 is 0 Å². The number of carbonyl (C=O) groups excluding carboxylic acids is 1. The fourth-order valence-electron chi connectivity index (χ4n) is 1.56. The minimum absolute atomic E-state index is 0.0196. The van der Waals surface area contributed by atoms with Crippen molar-refractivity contribution in [2.45, 2.75) is 26.3 Å². The zero-order chi connectivity index (χ0) is 12.7. The molecule has 4 heteroatoms. The summed E-state index contributed by atoms with van der Waals surface area (Å²) in [5.74, 6) is 0.801. The van der Waals surface area contributed by atoms with Crippen LogP contribution in [0, 0.1) is 0 Å². The van der Waals surface area contributed by atoms with Gasteiger partial charge in [-0.15, -0.1) is 0 Å². The van der Waals surface area contributed by atoms with Crippen molar-refractivity contribution < 1.29 is 9.53 Å². The van der Waals surface area contributed by atoms with Crippen LogP contribution in [0.5, 0.6) is 5.75 Å². The van der Waals surface area contributed by atoms with E-state index in [-0.39, 0.29) is 11.9 Å². The van der Waals surface area contributed by atoms with E-state index in [1.165, 1.54) is 0 Å². The van der Waals surface area contributed by atoms with Crippen LogP contribution in [-0.4, -0.2) is 19.1 Å². The lowest BCUT2D eigenvalue weighted by Gasteiger charge is -2.12. The number of nitrogens with two attached hydrogens (primary N) is 1. The van der Waals surface area contributed by atoms with Crippen LogP contribution in [0.3, 0.4) is 0 Å². The molecule has 0 saturated heterocycles. The van der Waals surface area contributed by atoms with Crippen LogP contribution < -0.4 is 15.8 Å². The molecule has 0 saturated carbocycles. The van der Waals surface area contributed by atoms with Crippen LogP contribution in [0.25, 0.3) is 0 Å². The van der Waals surface area contributed by atoms with Gasteiger partial charge in [0.2, 0.25) is 5.91 Å². The maximum atomic E-state index is 11.4. The molecule has 94 valence electrons. The van der Waals surface area contributed by atoms with Gasteiger partial charge in [0.1, 0.15) is 5.75 Å². The fraction of sp³-hybridized carbons (Fsp3) is 0.462. The van der Waals surface area contributed by atoms with Crippen molar-refractivity contribution in [3.05, 3.63) is 29.8 Å². The van der Waals surface area contributed by atoms with Gasteiger partial charge in [0.25, 0.3) is 0 Å². The number of benzene rings is 1. The van der Waals surface area contributed by atoms with E-state index in [1.54, 1.807) is 0 Å². The number of hydrogen-bond donors (Lipinski definition) is 2. The van der Waals surface area contributed by atoms with Crippen molar-refractivity contribution in [3.8, 4) is 5.75 Å². The number of rotatable bonds is 6. The second-order valence-electron chi connectivity index (χ2n) is 3.77. The van der Waals surface area contributed by atoms with Crippen molar-refractivity contribution in [2.75, 3.05) is 13.2 Å². The number of ether oxygens (including phenoxy) is 1. The molecule has 17 heavy (non-hydrogen) atoms. The van der Waals surface area contributed by atoms with E-state index >= 15 is 0 Å². The molecular formula is C13H20N2O2. The predicted molar refractivity (Wildman–Crippen MR) is 67.8 cm³/mol. The van der Waals surface area contributed by atoms with Gasteiger partial charge in [-0.25, -0.2) is 0 Å². The van der Waals surface area contributed by atoms with E-state index in [2.05, 4.69) is 5.32 Å². The molecule has 3 N–H and O–H groups in total. The number of nitrogens with one attached hydrogen (secondary N) is 1. The van der Waals surface area contributed by atoms with Crippen molar-refractivity contribution in [3.63, 3.8) is 0 Å². The standard InChI is InChI=1S/C13H20N2O2/c1-3-15-13(16)9-12(14)10-5-7-11(8-6-10)17-4-2/h5-8,12H,3-4,9,14H2,1-2H3,(H,15,16). The highest BCUT2D eigenvalue weighted by molar-refractivity contribution is 5.76. The first-order valence-electron chi connectivity index (χ1n) is 5.92. The first-order valence-corrected chi connectivity index (χ1v) is 5.92. The molecule has 0 fully saturated rings. The molecule has 0 aliphatic heterocycles. The normalized spacial score (nSPS) is 11.9. The Kier molecular flexibility index (Phi) is 5.49. The van der Waals surface area contributed by atoms with Crippen LogP contribution in [-0.2, 0) is 4.79 Å². The van der Waals surface area contributed by atoms with Crippen molar-refractivity contribution in [1.82, 2.24) is 5.32 Å². The molecular weight excluding hydrogens is 216 g/mol. The summed E-state index contributed by atoms with van der Waals surface area (Å²) in [6.07, 6.45) is 0.307. The third-order valence-corrected chi connectivity index (χ3v) is 2.40. The SMILES string of the molecule is CCNC(=O)CC(N)c1ccc(OCC)cc1. The van der Waals surface area contributed by atoms with Gasteiger partial charge in [-0.05, 0) is 31.5 Å². The third-order valence-electron chi connectivity index (χ3n) is 2.40. The molecule has 0 bridgehead atoms. The van der Waals surface area contributed by atoms with Gasteiger partial charge in [0.15, 0.2) is 0 Å². The second-order valence-corrected chi connectivity index (χ2v) is 3.77. The highest BCUT2D eigenvalue weighted by Gasteiger charge is 2.10. The third kappa shape index (κ3) is 4.44. The Bertz CT molecular complexity index is 349. The van der Waals surface area contributed by atoms with Crippen molar-refractivity contribution in [2.24, 2.45) is 5.73 Å². The second kappa shape index (κ2) is 6.91. The van der Waals surface area contributed by atoms with Gasteiger partial charge in [0.05, 0.1) is 6.61 Å². The van der Waals surface area contributed by atoms with Gasteiger partial charge in [-0.1, -0.05) is 12.1 Å². The summed E-state index contributed by atoms with van der Waals surface area (Å²) in [7, 11) is 0. The van der Waals surface area contributed by atoms with Crippen LogP contribution in [0.4, 0.5) is 0 Å². The fourth-order valence-corrected chi connectivity index (χ4v) is 1.56. The minimum atomic E-state index is -0.266. The maximum absolute atomic E-state index is 11.4. The Balaban J connectivity index is 2.56. The van der Waals surface area contributed by atoms with Crippen LogP contribution >= 0.6 is 0 Å². The van der Waals surface area contributed by atoms with Gasteiger partial charge < -0.3 is 15.8 Å². The Hall–Kier alpha value is -1.55. The molecule has 1 aromatic carbocycles. The maximum Gasteiger partial charge on any atom is 0.221 e. The highest BCUT2D eigenvalue weighted by atomic mass is 16.5. The molecule has 1 atom stereocenters. The average Bonchev–Trinajstić information content (AvgIpc) is 2.30. The molecule has 0 radical (unpaired) electrons. The lowest BCUT2D eigenvalue weighted by Crippen LogP contribution is -2.27. The summed E-state index contributed by atoms with van der Waals surface area (Å²) in [6, 6.07) is 7.27. The Morgan fingerprint density at radius 2 is 2.00 bits per heavy atom. The number of carbonyl (C=O) groups is 1. The van der Waals surface area contributed by atoms with E-state index in [9.17, 15) is 4.79 Å². The summed E-state index contributed by atoms with van der Waals surface area (Å²) in [5, 5.41) is 2.73. The monoisotopic (exact) mass is 236 g/mol. The van der Waals surface area contributed by atoms with Gasteiger partial charge >= 0.3 is 0 Å². The molecule has 1 aromatic rings. The molecule has 0 heterocycles. The van der Waals surface area contributed by atoms with Gasteiger partial charge in [0, 0.05) is 19.0 Å². The molecule has 0 aromatic heterocycles. The minimum Gasteiger partial charge on any atom is -0.494 e. The number of amides is 1. The summed E-state index contributed by atoms with van der Waals surface area (Å²) >= 11 is 0. The predicted octanol–water partition coefficient (Wildman–Crippen LogP) is 1.61. The molecule has 0 aliphatic rings.